The van der Waals surface area contributed by atoms with E-state index in [0.717, 1.165) is 6.07 Å². The van der Waals surface area contributed by atoms with Gasteiger partial charge in [-0.05, 0) is 18.2 Å². The van der Waals surface area contributed by atoms with Gasteiger partial charge < -0.3 is 10.6 Å². The summed E-state index contributed by atoms with van der Waals surface area (Å²) >= 11 is 0. The summed E-state index contributed by atoms with van der Waals surface area (Å²) in [5.41, 5.74) is 5.90. The number of halogens is 1. The predicted octanol–water partition coefficient (Wildman–Crippen LogP) is 0.377. The van der Waals surface area contributed by atoms with Crippen molar-refractivity contribution in [3.05, 3.63) is 24.0 Å². The van der Waals surface area contributed by atoms with Crippen molar-refractivity contribution >= 4 is 15.5 Å². The fourth-order valence-corrected chi connectivity index (χ4v) is 3.75. The highest BCUT2D eigenvalue weighted by Gasteiger charge is 2.33. The van der Waals surface area contributed by atoms with Crippen molar-refractivity contribution in [1.82, 2.24) is 0 Å². The Balaban J connectivity index is 2.63. The minimum absolute atomic E-state index is 0.0152. The van der Waals surface area contributed by atoms with Gasteiger partial charge in [0.1, 0.15) is 5.82 Å². The van der Waals surface area contributed by atoms with E-state index in [9.17, 15) is 12.8 Å². The van der Waals surface area contributed by atoms with Gasteiger partial charge in [-0.25, -0.2) is 12.8 Å². The molecule has 2 N–H and O–H groups in total. The molecule has 1 unspecified atom stereocenters. The molecule has 0 aliphatic carbocycles. The summed E-state index contributed by atoms with van der Waals surface area (Å²) in [6.45, 7) is 0.228. The first-order valence-electron chi connectivity index (χ1n) is 4.91. The fraction of sp³-hybridized carbons (Fsp3) is 0.400. The van der Waals surface area contributed by atoms with Crippen LogP contribution in [0, 0.1) is 5.82 Å². The summed E-state index contributed by atoms with van der Waals surface area (Å²) < 4.78 is 36.9. The number of likely N-dealkylation sites (N-methyl/N-ethyl adjacent to an activating group) is 1. The summed E-state index contributed by atoms with van der Waals surface area (Å²) in [5.74, 6) is -0.461. The smallest absolute Gasteiger partial charge is 0.182 e. The molecule has 1 aliphatic rings. The summed E-state index contributed by atoms with van der Waals surface area (Å²) in [6, 6.07) is 3.41. The van der Waals surface area contributed by atoms with E-state index < -0.39 is 15.7 Å². The molecule has 1 atom stereocenters. The quantitative estimate of drug-likeness (QED) is 0.725. The molecule has 0 amide bonds. The van der Waals surface area contributed by atoms with Gasteiger partial charge in [0, 0.05) is 13.6 Å². The number of sulfone groups is 1. The van der Waals surface area contributed by atoms with Crippen LogP contribution in [-0.2, 0) is 9.84 Å². The Labute approximate surface area is 93.8 Å². The van der Waals surface area contributed by atoms with Crippen LogP contribution in [0.3, 0.4) is 0 Å². The normalized spacial score (nSPS) is 22.9. The molecule has 0 aromatic heterocycles. The van der Waals surface area contributed by atoms with E-state index in [4.69, 9.17) is 5.73 Å². The molecule has 0 saturated heterocycles. The Morgan fingerprint density at radius 1 is 1.56 bits per heavy atom. The lowest BCUT2D eigenvalue weighted by Crippen LogP contribution is -2.46. The lowest BCUT2D eigenvalue weighted by Gasteiger charge is -2.34. The van der Waals surface area contributed by atoms with Crippen molar-refractivity contribution in [3.63, 3.8) is 0 Å². The van der Waals surface area contributed by atoms with Crippen molar-refractivity contribution < 1.29 is 12.8 Å². The zero-order valence-corrected chi connectivity index (χ0v) is 9.67. The van der Waals surface area contributed by atoms with Crippen LogP contribution in [0.2, 0.25) is 0 Å². The van der Waals surface area contributed by atoms with Crippen molar-refractivity contribution in [2.75, 3.05) is 24.2 Å². The Morgan fingerprint density at radius 3 is 2.88 bits per heavy atom. The maximum Gasteiger partial charge on any atom is 0.182 e. The Morgan fingerprint density at radius 2 is 2.25 bits per heavy atom. The average molecular weight is 244 g/mol. The van der Waals surface area contributed by atoms with Gasteiger partial charge in [-0.1, -0.05) is 0 Å². The molecule has 0 bridgehead atoms. The molecule has 4 nitrogen and oxygen atoms in total. The fourth-order valence-electron chi connectivity index (χ4n) is 1.91. The lowest BCUT2D eigenvalue weighted by molar-refractivity contribution is 0.570. The minimum Gasteiger partial charge on any atom is -0.368 e. The van der Waals surface area contributed by atoms with Gasteiger partial charge in [0.2, 0.25) is 0 Å². The van der Waals surface area contributed by atoms with Gasteiger partial charge in [-0.3, -0.25) is 0 Å². The SMILES string of the molecule is CN1c2cc(F)ccc2S(=O)(=O)CC1CN. The summed E-state index contributed by atoms with van der Waals surface area (Å²) in [4.78, 5) is 1.90. The third-order valence-corrected chi connectivity index (χ3v) is 4.71. The third-order valence-electron chi connectivity index (χ3n) is 2.87. The maximum atomic E-state index is 13.1. The van der Waals surface area contributed by atoms with Crippen LogP contribution in [0.1, 0.15) is 0 Å². The van der Waals surface area contributed by atoms with Crippen LogP contribution >= 0.6 is 0 Å². The molecular formula is C10H13FN2O2S. The zero-order chi connectivity index (χ0) is 11.9. The number of anilines is 1. The second-order valence-corrected chi connectivity index (χ2v) is 5.90. The standard InChI is InChI=1S/C10H13FN2O2S/c1-13-8(5-12)6-16(14,15)10-3-2-7(11)4-9(10)13/h2-4,8H,5-6,12H2,1H3. The van der Waals surface area contributed by atoms with E-state index in [1.165, 1.54) is 12.1 Å². The highest BCUT2D eigenvalue weighted by molar-refractivity contribution is 7.91. The molecular weight excluding hydrogens is 231 g/mol. The van der Waals surface area contributed by atoms with E-state index in [1.54, 1.807) is 11.9 Å². The molecule has 0 saturated carbocycles. The van der Waals surface area contributed by atoms with Crippen molar-refractivity contribution in [3.8, 4) is 0 Å². The molecule has 6 heteroatoms. The van der Waals surface area contributed by atoms with Crippen LogP contribution in [0.5, 0.6) is 0 Å². The topological polar surface area (TPSA) is 63.4 Å². The first-order chi connectivity index (χ1) is 7.45. The van der Waals surface area contributed by atoms with E-state index in [0.29, 0.717) is 5.69 Å². The molecule has 16 heavy (non-hydrogen) atoms. The largest absolute Gasteiger partial charge is 0.368 e. The van der Waals surface area contributed by atoms with Crippen molar-refractivity contribution in [2.45, 2.75) is 10.9 Å². The molecule has 0 spiro atoms. The monoisotopic (exact) mass is 244 g/mol. The number of fused-ring (bicyclic) bond motifs is 1. The van der Waals surface area contributed by atoms with Crippen LogP contribution in [0.25, 0.3) is 0 Å². The summed E-state index contributed by atoms with van der Waals surface area (Å²) in [6.07, 6.45) is 0. The number of benzene rings is 1. The highest BCUT2D eigenvalue weighted by Crippen LogP contribution is 2.32. The lowest BCUT2D eigenvalue weighted by atomic mass is 10.2. The van der Waals surface area contributed by atoms with E-state index in [1.807, 2.05) is 0 Å². The number of hydrogen-bond acceptors (Lipinski definition) is 4. The molecule has 1 heterocycles. The summed E-state index contributed by atoms with van der Waals surface area (Å²) in [5, 5.41) is 0. The molecule has 1 aliphatic heterocycles. The van der Waals surface area contributed by atoms with Crippen molar-refractivity contribution in [2.24, 2.45) is 5.73 Å². The first-order valence-corrected chi connectivity index (χ1v) is 6.56. The van der Waals surface area contributed by atoms with E-state index in [2.05, 4.69) is 0 Å². The number of nitrogens with two attached hydrogens (primary N) is 1. The average Bonchev–Trinajstić information content (AvgIpc) is 2.23. The summed E-state index contributed by atoms with van der Waals surface area (Å²) in [7, 11) is -1.61. The molecule has 2 rings (SSSR count). The Bertz CT molecular complexity index is 516. The first kappa shape index (κ1) is 11.3. The number of hydrogen-bond donors (Lipinski definition) is 1. The van der Waals surface area contributed by atoms with Gasteiger partial charge in [-0.2, -0.15) is 0 Å². The third kappa shape index (κ3) is 1.68. The van der Waals surface area contributed by atoms with Crippen LogP contribution < -0.4 is 10.6 Å². The Hall–Kier alpha value is -1.14. The van der Waals surface area contributed by atoms with Crippen LogP contribution in [0.4, 0.5) is 10.1 Å². The molecule has 0 fully saturated rings. The second kappa shape index (κ2) is 3.71. The highest BCUT2D eigenvalue weighted by atomic mass is 32.2. The molecule has 1 aromatic rings. The van der Waals surface area contributed by atoms with Gasteiger partial charge in [0.05, 0.1) is 22.4 Å². The predicted molar refractivity (Wildman–Crippen MR) is 59.7 cm³/mol. The number of rotatable bonds is 1. The zero-order valence-electron chi connectivity index (χ0n) is 8.85. The van der Waals surface area contributed by atoms with Gasteiger partial charge in [0.15, 0.2) is 9.84 Å². The van der Waals surface area contributed by atoms with E-state index in [-0.39, 0.29) is 23.2 Å². The van der Waals surface area contributed by atoms with Crippen LogP contribution in [0.15, 0.2) is 23.1 Å². The van der Waals surface area contributed by atoms with E-state index >= 15 is 0 Å². The van der Waals surface area contributed by atoms with Gasteiger partial charge in [-0.15, -0.1) is 0 Å². The van der Waals surface area contributed by atoms with Crippen LogP contribution in [-0.4, -0.2) is 33.8 Å². The minimum atomic E-state index is -3.34. The second-order valence-electron chi connectivity index (χ2n) is 3.89. The van der Waals surface area contributed by atoms with Crippen molar-refractivity contribution in [1.29, 1.82) is 0 Å². The van der Waals surface area contributed by atoms with Gasteiger partial charge >= 0.3 is 0 Å². The molecule has 1 aromatic carbocycles. The maximum absolute atomic E-state index is 13.1. The molecule has 88 valence electrons. The number of nitrogens with zero attached hydrogens (tertiary/aromatic N) is 1. The van der Waals surface area contributed by atoms with Gasteiger partial charge in [0.25, 0.3) is 0 Å². The molecule has 0 radical (unpaired) electrons. The Kier molecular flexibility index (Phi) is 2.63.